The van der Waals surface area contributed by atoms with Gasteiger partial charge in [-0.1, -0.05) is 0 Å². The molecule has 1 aliphatic rings. The molecule has 1 aliphatic heterocycles. The maximum Gasteiger partial charge on any atom is 0.232 e. The van der Waals surface area contributed by atoms with E-state index in [9.17, 15) is 0 Å². The summed E-state index contributed by atoms with van der Waals surface area (Å²) in [5.41, 5.74) is 0.916. The predicted molar refractivity (Wildman–Crippen MR) is 59.2 cm³/mol. The third-order valence-electron chi connectivity index (χ3n) is 2.53. The van der Waals surface area contributed by atoms with Gasteiger partial charge in [-0.3, -0.25) is 4.98 Å². The SMILES string of the molecule is CNCc1cnc(OCC2CCOC2)cn1. The van der Waals surface area contributed by atoms with Crippen LogP contribution in [0, 0.1) is 5.92 Å². The van der Waals surface area contributed by atoms with E-state index in [-0.39, 0.29) is 0 Å². The summed E-state index contributed by atoms with van der Waals surface area (Å²) in [6.07, 6.45) is 4.48. The lowest BCUT2D eigenvalue weighted by Crippen LogP contribution is -2.13. The van der Waals surface area contributed by atoms with Crippen LogP contribution in [-0.2, 0) is 11.3 Å². The average Bonchev–Trinajstić information content (AvgIpc) is 2.82. The largest absolute Gasteiger partial charge is 0.476 e. The van der Waals surface area contributed by atoms with Crippen molar-refractivity contribution in [2.75, 3.05) is 26.9 Å². The van der Waals surface area contributed by atoms with E-state index in [0.717, 1.165) is 31.9 Å². The third kappa shape index (κ3) is 3.15. The van der Waals surface area contributed by atoms with Crippen LogP contribution in [0.4, 0.5) is 0 Å². The molecule has 0 saturated carbocycles. The van der Waals surface area contributed by atoms with Gasteiger partial charge in [0.15, 0.2) is 0 Å². The average molecular weight is 223 g/mol. The molecule has 88 valence electrons. The minimum absolute atomic E-state index is 0.499. The highest BCUT2D eigenvalue weighted by molar-refractivity contribution is 5.07. The molecule has 0 bridgehead atoms. The summed E-state index contributed by atoms with van der Waals surface area (Å²) in [5.74, 6) is 1.09. The Balaban J connectivity index is 1.80. The van der Waals surface area contributed by atoms with E-state index in [1.807, 2.05) is 7.05 Å². The predicted octanol–water partition coefficient (Wildman–Crippen LogP) is 0.611. The van der Waals surface area contributed by atoms with Crippen LogP contribution in [-0.4, -0.2) is 36.8 Å². The van der Waals surface area contributed by atoms with Crippen LogP contribution in [0.5, 0.6) is 5.88 Å². The summed E-state index contributed by atoms with van der Waals surface area (Å²) in [6, 6.07) is 0. The second-order valence-electron chi connectivity index (χ2n) is 3.92. The van der Waals surface area contributed by atoms with Gasteiger partial charge in [-0.05, 0) is 13.5 Å². The molecule has 1 aromatic rings. The molecule has 1 aromatic heterocycles. The van der Waals surface area contributed by atoms with Crippen molar-refractivity contribution in [2.24, 2.45) is 5.92 Å². The van der Waals surface area contributed by atoms with E-state index in [1.165, 1.54) is 0 Å². The quantitative estimate of drug-likeness (QED) is 0.792. The van der Waals surface area contributed by atoms with Gasteiger partial charge in [-0.25, -0.2) is 4.98 Å². The summed E-state index contributed by atoms with van der Waals surface area (Å²) >= 11 is 0. The van der Waals surface area contributed by atoms with Crippen molar-refractivity contribution in [1.29, 1.82) is 0 Å². The van der Waals surface area contributed by atoms with Gasteiger partial charge in [-0.2, -0.15) is 0 Å². The lowest BCUT2D eigenvalue weighted by molar-refractivity contribution is 0.165. The molecule has 1 fully saturated rings. The number of rotatable bonds is 5. The summed E-state index contributed by atoms with van der Waals surface area (Å²) in [4.78, 5) is 8.43. The first-order valence-corrected chi connectivity index (χ1v) is 5.54. The van der Waals surface area contributed by atoms with Gasteiger partial charge in [0, 0.05) is 19.1 Å². The molecule has 1 saturated heterocycles. The first-order valence-electron chi connectivity index (χ1n) is 5.54. The fraction of sp³-hybridized carbons (Fsp3) is 0.636. The molecule has 0 aromatic carbocycles. The third-order valence-corrected chi connectivity index (χ3v) is 2.53. The van der Waals surface area contributed by atoms with E-state index in [2.05, 4.69) is 15.3 Å². The van der Waals surface area contributed by atoms with Crippen molar-refractivity contribution in [3.63, 3.8) is 0 Å². The van der Waals surface area contributed by atoms with Crippen molar-refractivity contribution >= 4 is 0 Å². The van der Waals surface area contributed by atoms with Gasteiger partial charge in [0.25, 0.3) is 0 Å². The molecule has 16 heavy (non-hydrogen) atoms. The monoisotopic (exact) mass is 223 g/mol. The molecule has 1 atom stereocenters. The Labute approximate surface area is 95.2 Å². The summed E-state index contributed by atoms with van der Waals surface area (Å²) in [7, 11) is 1.88. The highest BCUT2D eigenvalue weighted by Crippen LogP contribution is 2.14. The number of hydrogen-bond acceptors (Lipinski definition) is 5. The number of ether oxygens (including phenoxy) is 2. The number of nitrogens with one attached hydrogen (secondary N) is 1. The lowest BCUT2D eigenvalue weighted by Gasteiger charge is -2.09. The number of aromatic nitrogens is 2. The highest BCUT2D eigenvalue weighted by atomic mass is 16.5. The Morgan fingerprint density at radius 1 is 1.50 bits per heavy atom. The first-order chi connectivity index (χ1) is 7.88. The van der Waals surface area contributed by atoms with Crippen molar-refractivity contribution in [3.05, 3.63) is 18.1 Å². The van der Waals surface area contributed by atoms with Crippen LogP contribution in [0.15, 0.2) is 12.4 Å². The van der Waals surface area contributed by atoms with Crippen molar-refractivity contribution in [3.8, 4) is 5.88 Å². The summed E-state index contributed by atoms with van der Waals surface area (Å²) in [6.45, 7) is 3.04. The van der Waals surface area contributed by atoms with Crippen molar-refractivity contribution < 1.29 is 9.47 Å². The maximum absolute atomic E-state index is 5.55. The molecule has 1 unspecified atom stereocenters. The Hall–Kier alpha value is -1.20. The van der Waals surface area contributed by atoms with E-state index in [0.29, 0.717) is 18.4 Å². The van der Waals surface area contributed by atoms with Gasteiger partial charge >= 0.3 is 0 Å². The second kappa shape index (κ2) is 5.77. The minimum Gasteiger partial charge on any atom is -0.476 e. The zero-order valence-corrected chi connectivity index (χ0v) is 9.48. The Kier molecular flexibility index (Phi) is 4.07. The van der Waals surface area contributed by atoms with Crippen LogP contribution < -0.4 is 10.1 Å². The van der Waals surface area contributed by atoms with E-state index >= 15 is 0 Å². The topological polar surface area (TPSA) is 56.3 Å². The molecular weight excluding hydrogens is 206 g/mol. The number of hydrogen-bond donors (Lipinski definition) is 1. The molecule has 2 heterocycles. The van der Waals surface area contributed by atoms with Crippen LogP contribution in [0.1, 0.15) is 12.1 Å². The fourth-order valence-electron chi connectivity index (χ4n) is 1.61. The first kappa shape index (κ1) is 11.3. The molecule has 2 rings (SSSR count). The zero-order valence-electron chi connectivity index (χ0n) is 9.48. The van der Waals surface area contributed by atoms with E-state index in [4.69, 9.17) is 9.47 Å². The van der Waals surface area contributed by atoms with Crippen LogP contribution in [0.25, 0.3) is 0 Å². The molecule has 0 amide bonds. The maximum atomic E-state index is 5.55. The highest BCUT2D eigenvalue weighted by Gasteiger charge is 2.16. The minimum atomic E-state index is 0.499. The van der Waals surface area contributed by atoms with Crippen LogP contribution in [0.2, 0.25) is 0 Å². The lowest BCUT2D eigenvalue weighted by atomic mass is 10.1. The Morgan fingerprint density at radius 2 is 2.44 bits per heavy atom. The summed E-state index contributed by atoms with van der Waals surface area (Å²) in [5, 5.41) is 3.02. The molecule has 0 aliphatic carbocycles. The van der Waals surface area contributed by atoms with Gasteiger partial charge in [-0.15, -0.1) is 0 Å². The smallest absolute Gasteiger partial charge is 0.232 e. The Morgan fingerprint density at radius 3 is 3.06 bits per heavy atom. The second-order valence-corrected chi connectivity index (χ2v) is 3.92. The Bertz CT molecular complexity index is 310. The standard InChI is InChI=1S/C11H17N3O2/c1-12-4-10-5-14-11(6-13-10)16-8-9-2-3-15-7-9/h5-6,9,12H,2-4,7-8H2,1H3. The van der Waals surface area contributed by atoms with Gasteiger partial charge in [0.05, 0.1) is 31.3 Å². The van der Waals surface area contributed by atoms with Gasteiger partial charge in [0.1, 0.15) is 0 Å². The summed E-state index contributed by atoms with van der Waals surface area (Å²) < 4.78 is 10.8. The number of nitrogens with zero attached hydrogens (tertiary/aromatic N) is 2. The van der Waals surface area contributed by atoms with Gasteiger partial charge < -0.3 is 14.8 Å². The molecule has 0 radical (unpaired) electrons. The van der Waals surface area contributed by atoms with E-state index in [1.54, 1.807) is 12.4 Å². The molecule has 0 spiro atoms. The van der Waals surface area contributed by atoms with Crippen LogP contribution in [0.3, 0.4) is 0 Å². The molecular formula is C11H17N3O2. The van der Waals surface area contributed by atoms with Crippen LogP contribution >= 0.6 is 0 Å². The van der Waals surface area contributed by atoms with Crippen molar-refractivity contribution in [1.82, 2.24) is 15.3 Å². The zero-order chi connectivity index (χ0) is 11.2. The molecule has 5 nitrogen and oxygen atoms in total. The van der Waals surface area contributed by atoms with E-state index < -0.39 is 0 Å². The van der Waals surface area contributed by atoms with Crippen molar-refractivity contribution in [2.45, 2.75) is 13.0 Å². The molecule has 1 N–H and O–H groups in total. The molecule has 5 heteroatoms. The fourth-order valence-corrected chi connectivity index (χ4v) is 1.61. The van der Waals surface area contributed by atoms with Gasteiger partial charge in [0.2, 0.25) is 5.88 Å². The normalized spacial score (nSPS) is 19.9.